The molecule has 8 nitrogen and oxygen atoms in total. The van der Waals surface area contributed by atoms with Crippen molar-refractivity contribution in [2.45, 2.75) is 0 Å². The fraction of sp³-hybridized carbons (Fsp3) is 0.238. The van der Waals surface area contributed by atoms with Crippen molar-refractivity contribution in [1.82, 2.24) is 24.8 Å². The number of amides is 2. The number of rotatable bonds is 3. The Balaban J connectivity index is 1.44. The van der Waals surface area contributed by atoms with Crippen LogP contribution >= 0.6 is 11.8 Å². The maximum Gasteiger partial charge on any atom is 0.290 e. The van der Waals surface area contributed by atoms with Crippen molar-refractivity contribution in [2.24, 2.45) is 0 Å². The second-order valence-corrected chi connectivity index (χ2v) is 8.38. The molecule has 0 radical (unpaired) electrons. The lowest BCUT2D eigenvalue weighted by Gasteiger charge is -2.34. The van der Waals surface area contributed by atoms with Gasteiger partial charge < -0.3 is 9.80 Å². The van der Waals surface area contributed by atoms with Gasteiger partial charge in [-0.25, -0.2) is 9.50 Å². The Labute approximate surface area is 177 Å². The van der Waals surface area contributed by atoms with E-state index < -0.39 is 5.91 Å². The Kier molecular flexibility index (Phi) is 4.76. The number of aromatic nitrogens is 3. The minimum absolute atomic E-state index is 0.338. The number of benzene rings is 1. The summed E-state index contributed by atoms with van der Waals surface area (Å²) >= 11 is 0.881. The number of carbonyl (C=O) groups excluding carboxylic acids is 2. The molecule has 0 aliphatic carbocycles. The van der Waals surface area contributed by atoms with Crippen molar-refractivity contribution < 1.29 is 9.59 Å². The standard InChI is InChI=1S/C21H20N6O2S/c1-25-8-10-26(11-9-25)16-5-2-14(3-6-16)17-13-22-19-7-4-15(24-27(17)19)12-18-20(28)23-21(29)30-18/h2-7,12-13H,8-11H2,1H3,(H,23,28,29)/b18-12-. The molecule has 2 saturated heterocycles. The first-order chi connectivity index (χ1) is 14.6. The highest BCUT2D eigenvalue weighted by atomic mass is 32.2. The molecule has 0 spiro atoms. The van der Waals surface area contributed by atoms with Crippen molar-refractivity contribution >= 4 is 40.3 Å². The minimum Gasteiger partial charge on any atom is -0.369 e. The summed E-state index contributed by atoms with van der Waals surface area (Å²) in [6, 6.07) is 12.1. The second-order valence-electron chi connectivity index (χ2n) is 7.36. The van der Waals surface area contributed by atoms with Crippen LogP contribution in [0.25, 0.3) is 23.0 Å². The van der Waals surface area contributed by atoms with Crippen molar-refractivity contribution in [2.75, 3.05) is 38.1 Å². The van der Waals surface area contributed by atoms with Gasteiger partial charge in [0, 0.05) is 37.4 Å². The summed E-state index contributed by atoms with van der Waals surface area (Å²) in [6.45, 7) is 4.19. The molecule has 30 heavy (non-hydrogen) atoms. The highest BCUT2D eigenvalue weighted by Gasteiger charge is 2.25. The van der Waals surface area contributed by atoms with Crippen LogP contribution in [0, 0.1) is 0 Å². The summed E-state index contributed by atoms with van der Waals surface area (Å²) in [4.78, 5) is 32.7. The minimum atomic E-state index is -0.391. The molecule has 0 atom stereocenters. The monoisotopic (exact) mass is 420 g/mol. The number of imide groups is 1. The predicted octanol–water partition coefficient (Wildman–Crippen LogP) is 2.47. The van der Waals surface area contributed by atoms with E-state index in [0.717, 1.165) is 54.8 Å². The molecule has 2 fully saturated rings. The summed E-state index contributed by atoms with van der Waals surface area (Å²) in [6.07, 6.45) is 3.41. The highest BCUT2D eigenvalue weighted by molar-refractivity contribution is 8.18. The Morgan fingerprint density at radius 3 is 2.50 bits per heavy atom. The SMILES string of the molecule is CN1CCN(c2ccc(-c3cnc4ccc(/C=C5\SC(=O)NC5=O)nn34)cc2)CC1. The summed E-state index contributed by atoms with van der Waals surface area (Å²) in [5.41, 5.74) is 4.40. The number of thioether (sulfide) groups is 1. The first-order valence-corrected chi connectivity index (χ1v) is 10.5. The van der Waals surface area contributed by atoms with Gasteiger partial charge in [0.15, 0.2) is 5.65 Å². The fourth-order valence-electron chi connectivity index (χ4n) is 3.62. The number of hydrogen-bond donors (Lipinski definition) is 1. The third-order valence-electron chi connectivity index (χ3n) is 5.34. The first kappa shape index (κ1) is 18.8. The largest absolute Gasteiger partial charge is 0.369 e. The summed E-state index contributed by atoms with van der Waals surface area (Å²) < 4.78 is 1.76. The number of hydrogen-bond acceptors (Lipinski definition) is 7. The molecule has 152 valence electrons. The molecule has 9 heteroatoms. The van der Waals surface area contributed by atoms with Gasteiger partial charge in [-0.2, -0.15) is 5.10 Å². The van der Waals surface area contributed by atoms with Crippen LogP contribution in [-0.4, -0.2) is 63.9 Å². The van der Waals surface area contributed by atoms with Crippen LogP contribution in [0.15, 0.2) is 47.5 Å². The third kappa shape index (κ3) is 3.57. The van der Waals surface area contributed by atoms with E-state index in [9.17, 15) is 9.59 Å². The number of fused-ring (bicyclic) bond motifs is 1. The van der Waals surface area contributed by atoms with Crippen LogP contribution in [0.1, 0.15) is 5.69 Å². The van der Waals surface area contributed by atoms with Crippen molar-refractivity contribution in [3.05, 3.63) is 53.2 Å². The average Bonchev–Trinajstić information content (AvgIpc) is 3.31. The Hall–Kier alpha value is -3.17. The van der Waals surface area contributed by atoms with Crippen molar-refractivity contribution in [1.29, 1.82) is 0 Å². The molecule has 2 aliphatic rings. The van der Waals surface area contributed by atoms with Crippen LogP contribution < -0.4 is 10.2 Å². The summed E-state index contributed by atoms with van der Waals surface area (Å²) in [7, 11) is 2.15. The van der Waals surface area contributed by atoms with Crippen LogP contribution in [0.2, 0.25) is 0 Å². The Morgan fingerprint density at radius 1 is 1.03 bits per heavy atom. The smallest absolute Gasteiger partial charge is 0.290 e. The van der Waals surface area contributed by atoms with Crippen LogP contribution in [0.3, 0.4) is 0 Å². The number of nitrogens with one attached hydrogen (secondary N) is 1. The zero-order valence-electron chi connectivity index (χ0n) is 16.4. The number of carbonyl (C=O) groups is 2. The number of anilines is 1. The van der Waals surface area contributed by atoms with E-state index in [-0.39, 0.29) is 5.24 Å². The number of piperazine rings is 1. The van der Waals surface area contributed by atoms with E-state index >= 15 is 0 Å². The maximum absolute atomic E-state index is 11.8. The zero-order chi connectivity index (χ0) is 20.7. The molecule has 2 aromatic heterocycles. The normalized spacial score (nSPS) is 19.1. The Bertz CT molecular complexity index is 1160. The molecular formula is C21H20N6O2S. The quantitative estimate of drug-likeness (QED) is 0.652. The number of nitrogens with zero attached hydrogens (tertiary/aromatic N) is 5. The second kappa shape index (κ2) is 7.58. The van der Waals surface area contributed by atoms with Crippen LogP contribution in [-0.2, 0) is 4.79 Å². The van der Waals surface area contributed by atoms with E-state index in [2.05, 4.69) is 56.5 Å². The zero-order valence-corrected chi connectivity index (χ0v) is 17.2. The lowest BCUT2D eigenvalue weighted by molar-refractivity contribution is -0.115. The number of imidazole rings is 1. The summed E-state index contributed by atoms with van der Waals surface area (Å²) in [5, 5.41) is 6.50. The van der Waals surface area contributed by atoms with Crippen molar-refractivity contribution in [3.8, 4) is 11.3 Å². The lowest BCUT2D eigenvalue weighted by Crippen LogP contribution is -2.44. The Morgan fingerprint density at radius 2 is 1.80 bits per heavy atom. The van der Waals surface area contributed by atoms with Crippen molar-refractivity contribution in [3.63, 3.8) is 0 Å². The molecule has 5 rings (SSSR count). The van der Waals surface area contributed by atoms with E-state index in [1.54, 1.807) is 22.9 Å². The van der Waals surface area contributed by atoms with Gasteiger partial charge in [-0.3, -0.25) is 14.9 Å². The molecule has 2 amide bonds. The molecule has 0 unspecified atom stereocenters. The molecule has 2 aliphatic heterocycles. The van der Waals surface area contributed by atoms with E-state index in [1.807, 2.05) is 6.07 Å². The topological polar surface area (TPSA) is 82.8 Å². The van der Waals surface area contributed by atoms with E-state index in [1.165, 1.54) is 5.69 Å². The lowest BCUT2D eigenvalue weighted by atomic mass is 10.1. The van der Waals surface area contributed by atoms with Gasteiger partial charge in [0.25, 0.3) is 11.1 Å². The molecule has 1 N–H and O–H groups in total. The molecular weight excluding hydrogens is 400 g/mol. The molecule has 4 heterocycles. The van der Waals surface area contributed by atoms with Gasteiger partial charge in [-0.15, -0.1) is 0 Å². The van der Waals surface area contributed by atoms with Gasteiger partial charge in [0.1, 0.15) is 0 Å². The predicted molar refractivity (Wildman–Crippen MR) is 117 cm³/mol. The van der Waals surface area contributed by atoms with E-state index in [4.69, 9.17) is 0 Å². The van der Waals surface area contributed by atoms with Gasteiger partial charge in [-0.05, 0) is 49.2 Å². The van der Waals surface area contributed by atoms with Crippen LogP contribution in [0.5, 0.6) is 0 Å². The van der Waals surface area contributed by atoms with Crippen LogP contribution in [0.4, 0.5) is 10.5 Å². The third-order valence-corrected chi connectivity index (χ3v) is 6.15. The molecule has 0 bridgehead atoms. The van der Waals surface area contributed by atoms with Gasteiger partial charge in [0.2, 0.25) is 0 Å². The van der Waals surface area contributed by atoms with Gasteiger partial charge in [0.05, 0.1) is 22.5 Å². The molecule has 0 saturated carbocycles. The molecule has 1 aromatic carbocycles. The molecule has 3 aromatic rings. The maximum atomic E-state index is 11.8. The highest BCUT2D eigenvalue weighted by Crippen LogP contribution is 2.27. The fourth-order valence-corrected chi connectivity index (χ4v) is 4.29. The van der Waals surface area contributed by atoms with E-state index in [0.29, 0.717) is 10.6 Å². The van der Waals surface area contributed by atoms with Gasteiger partial charge in [-0.1, -0.05) is 12.1 Å². The average molecular weight is 420 g/mol. The van der Waals surface area contributed by atoms with Gasteiger partial charge >= 0.3 is 0 Å². The summed E-state index contributed by atoms with van der Waals surface area (Å²) in [5.74, 6) is -0.391. The number of likely N-dealkylation sites (N-methyl/N-ethyl adjacent to an activating group) is 1. The first-order valence-electron chi connectivity index (χ1n) is 9.70.